The lowest BCUT2D eigenvalue weighted by molar-refractivity contribution is 0.0294. The number of halogens is 2. The minimum Gasteiger partial charge on any atom is -0.389 e. The molecule has 2 atom stereocenters. The number of hydrogen-bond acceptors (Lipinski definition) is 3. The van der Waals surface area contributed by atoms with Crippen LogP contribution in [0.4, 0.5) is 14.5 Å². The van der Waals surface area contributed by atoms with Crippen LogP contribution in [-0.4, -0.2) is 30.3 Å². The molecule has 1 aliphatic rings. The molecule has 0 aromatic heterocycles. The Labute approximate surface area is 122 Å². The van der Waals surface area contributed by atoms with Gasteiger partial charge in [-0.2, -0.15) is 0 Å². The average molecular weight is 300 g/mol. The maximum atomic E-state index is 14.3. The fourth-order valence-corrected chi connectivity index (χ4v) is 2.56. The molecule has 0 aliphatic carbocycles. The van der Waals surface area contributed by atoms with Crippen LogP contribution < -0.4 is 10.6 Å². The molecule has 0 radical (unpaired) electrons. The second-order valence-corrected chi connectivity index (χ2v) is 5.45. The van der Waals surface area contributed by atoms with Gasteiger partial charge in [-0.3, -0.25) is 0 Å². The number of rotatable bonds is 3. The first-order valence-corrected chi connectivity index (χ1v) is 7.02. The first-order valence-electron chi connectivity index (χ1n) is 6.61. The molecule has 110 valence electrons. The molecular weight excluding hydrogens is 282 g/mol. The summed E-state index contributed by atoms with van der Waals surface area (Å²) in [5.41, 5.74) is 5.60. The predicted molar refractivity (Wildman–Crippen MR) is 79.1 cm³/mol. The number of ether oxygens (including phenoxy) is 1. The van der Waals surface area contributed by atoms with Crippen molar-refractivity contribution in [2.45, 2.75) is 32.4 Å². The van der Waals surface area contributed by atoms with Gasteiger partial charge >= 0.3 is 0 Å². The Morgan fingerprint density at radius 3 is 2.55 bits per heavy atom. The van der Waals surface area contributed by atoms with Crippen molar-refractivity contribution in [2.75, 3.05) is 18.1 Å². The van der Waals surface area contributed by atoms with E-state index in [0.717, 1.165) is 6.42 Å². The summed E-state index contributed by atoms with van der Waals surface area (Å²) in [5, 5.41) is 0. The SMILES string of the molecule is CCC1COC(C)CN1c1c(F)cc(C(N)=S)cc1F. The van der Waals surface area contributed by atoms with Gasteiger partial charge in [0.2, 0.25) is 0 Å². The molecule has 1 aromatic carbocycles. The van der Waals surface area contributed by atoms with Crippen molar-refractivity contribution in [3.63, 3.8) is 0 Å². The molecule has 6 heteroatoms. The predicted octanol–water partition coefficient (Wildman–Crippen LogP) is 2.60. The first-order chi connectivity index (χ1) is 9.43. The highest BCUT2D eigenvalue weighted by molar-refractivity contribution is 7.80. The van der Waals surface area contributed by atoms with E-state index in [1.807, 2.05) is 13.8 Å². The molecule has 0 amide bonds. The van der Waals surface area contributed by atoms with Crippen LogP contribution in [0.3, 0.4) is 0 Å². The Morgan fingerprint density at radius 2 is 2.05 bits per heavy atom. The molecule has 1 saturated heterocycles. The van der Waals surface area contributed by atoms with E-state index < -0.39 is 11.6 Å². The lowest BCUT2D eigenvalue weighted by Crippen LogP contribution is -2.49. The normalized spacial score (nSPS) is 22.9. The summed E-state index contributed by atoms with van der Waals surface area (Å²) in [6.45, 7) is 4.78. The number of thiocarbonyl (C=S) groups is 1. The first kappa shape index (κ1) is 15.1. The number of anilines is 1. The van der Waals surface area contributed by atoms with E-state index in [1.165, 1.54) is 12.1 Å². The van der Waals surface area contributed by atoms with Crippen molar-refractivity contribution in [1.82, 2.24) is 0 Å². The van der Waals surface area contributed by atoms with E-state index in [0.29, 0.717) is 13.2 Å². The van der Waals surface area contributed by atoms with Gasteiger partial charge in [-0.15, -0.1) is 0 Å². The second-order valence-electron chi connectivity index (χ2n) is 5.01. The van der Waals surface area contributed by atoms with Crippen LogP contribution in [0.1, 0.15) is 25.8 Å². The molecule has 2 rings (SSSR count). The zero-order chi connectivity index (χ0) is 14.9. The Morgan fingerprint density at radius 1 is 1.45 bits per heavy atom. The summed E-state index contributed by atoms with van der Waals surface area (Å²) < 4.78 is 34.1. The van der Waals surface area contributed by atoms with Crippen LogP contribution in [-0.2, 0) is 4.74 Å². The molecule has 0 saturated carbocycles. The van der Waals surface area contributed by atoms with Gasteiger partial charge in [0.05, 0.1) is 18.8 Å². The molecule has 0 bridgehead atoms. The lowest BCUT2D eigenvalue weighted by atomic mass is 10.1. The van der Waals surface area contributed by atoms with E-state index in [-0.39, 0.29) is 28.4 Å². The molecule has 1 fully saturated rings. The molecule has 3 nitrogen and oxygen atoms in total. The Hall–Kier alpha value is -1.27. The van der Waals surface area contributed by atoms with Crippen molar-refractivity contribution in [2.24, 2.45) is 5.73 Å². The number of benzene rings is 1. The van der Waals surface area contributed by atoms with E-state index in [2.05, 4.69) is 0 Å². The van der Waals surface area contributed by atoms with Crippen LogP contribution in [0.2, 0.25) is 0 Å². The molecule has 2 N–H and O–H groups in total. The van der Waals surface area contributed by atoms with Gasteiger partial charge < -0.3 is 15.4 Å². The number of morpholine rings is 1. The fraction of sp³-hybridized carbons (Fsp3) is 0.500. The van der Waals surface area contributed by atoms with Crippen molar-refractivity contribution in [3.05, 3.63) is 29.3 Å². The van der Waals surface area contributed by atoms with E-state index in [4.69, 9.17) is 22.7 Å². The van der Waals surface area contributed by atoms with E-state index in [1.54, 1.807) is 4.90 Å². The maximum Gasteiger partial charge on any atom is 0.150 e. The van der Waals surface area contributed by atoms with Crippen LogP contribution >= 0.6 is 12.2 Å². The highest BCUT2D eigenvalue weighted by Gasteiger charge is 2.30. The molecule has 2 unspecified atom stereocenters. The quantitative estimate of drug-likeness (QED) is 0.871. The number of nitrogens with zero attached hydrogens (tertiary/aromatic N) is 1. The number of hydrogen-bond donors (Lipinski definition) is 1. The van der Waals surface area contributed by atoms with E-state index >= 15 is 0 Å². The Kier molecular flexibility index (Phi) is 4.55. The van der Waals surface area contributed by atoms with Crippen LogP contribution in [0.25, 0.3) is 0 Å². The maximum absolute atomic E-state index is 14.3. The molecule has 1 aromatic rings. The Balaban J connectivity index is 2.42. The second kappa shape index (κ2) is 6.01. The zero-order valence-corrected chi connectivity index (χ0v) is 12.3. The monoisotopic (exact) mass is 300 g/mol. The third-order valence-corrected chi connectivity index (χ3v) is 3.76. The third kappa shape index (κ3) is 2.91. The largest absolute Gasteiger partial charge is 0.389 e. The van der Waals surface area contributed by atoms with Crippen molar-refractivity contribution >= 4 is 22.9 Å². The minimum atomic E-state index is -0.639. The summed E-state index contributed by atoms with van der Waals surface area (Å²) in [6.07, 6.45) is 0.690. The molecule has 1 aliphatic heterocycles. The lowest BCUT2D eigenvalue weighted by Gasteiger charge is -2.40. The van der Waals surface area contributed by atoms with Gasteiger partial charge in [0.25, 0.3) is 0 Å². The molecule has 1 heterocycles. The van der Waals surface area contributed by atoms with Gasteiger partial charge in [0.1, 0.15) is 22.3 Å². The molecule has 20 heavy (non-hydrogen) atoms. The molecular formula is C14H18F2N2OS. The zero-order valence-electron chi connectivity index (χ0n) is 11.5. The summed E-state index contributed by atoms with van der Waals surface area (Å²) in [7, 11) is 0. The third-order valence-electron chi connectivity index (χ3n) is 3.53. The minimum absolute atomic E-state index is 0.0169. The van der Waals surface area contributed by atoms with Gasteiger partial charge in [-0.25, -0.2) is 8.78 Å². The Bertz CT molecular complexity index is 501. The van der Waals surface area contributed by atoms with Crippen LogP contribution in [0, 0.1) is 11.6 Å². The standard InChI is InChI=1S/C14H18F2N2OS/c1-3-10-7-19-8(2)6-18(10)13-11(15)4-9(14(17)20)5-12(13)16/h4-5,8,10H,3,6-7H2,1-2H3,(H2,17,20). The van der Waals surface area contributed by atoms with Crippen LogP contribution in [0.5, 0.6) is 0 Å². The summed E-state index contributed by atoms with van der Waals surface area (Å²) >= 11 is 4.76. The van der Waals surface area contributed by atoms with Gasteiger partial charge in [0.15, 0.2) is 0 Å². The van der Waals surface area contributed by atoms with Crippen molar-refractivity contribution < 1.29 is 13.5 Å². The summed E-state index contributed by atoms with van der Waals surface area (Å²) in [6, 6.07) is 2.34. The van der Waals surface area contributed by atoms with Gasteiger partial charge in [-0.05, 0) is 25.5 Å². The smallest absolute Gasteiger partial charge is 0.150 e. The van der Waals surface area contributed by atoms with E-state index in [9.17, 15) is 8.78 Å². The number of nitrogens with two attached hydrogens (primary N) is 1. The van der Waals surface area contributed by atoms with Gasteiger partial charge in [0, 0.05) is 12.1 Å². The fourth-order valence-electron chi connectivity index (χ4n) is 2.44. The summed E-state index contributed by atoms with van der Waals surface area (Å²) in [5.74, 6) is -1.28. The van der Waals surface area contributed by atoms with Crippen molar-refractivity contribution in [1.29, 1.82) is 0 Å². The van der Waals surface area contributed by atoms with Crippen molar-refractivity contribution in [3.8, 4) is 0 Å². The van der Waals surface area contributed by atoms with Crippen LogP contribution in [0.15, 0.2) is 12.1 Å². The molecule has 0 spiro atoms. The van der Waals surface area contributed by atoms with Gasteiger partial charge in [-0.1, -0.05) is 19.1 Å². The highest BCUT2D eigenvalue weighted by Crippen LogP contribution is 2.30. The topological polar surface area (TPSA) is 38.5 Å². The highest BCUT2D eigenvalue weighted by atomic mass is 32.1. The average Bonchev–Trinajstić information content (AvgIpc) is 2.38. The summed E-state index contributed by atoms with van der Waals surface area (Å²) in [4.78, 5) is 1.72.